The van der Waals surface area contributed by atoms with Crippen molar-refractivity contribution in [1.82, 2.24) is 9.55 Å². The second kappa shape index (κ2) is 4.45. The van der Waals surface area contributed by atoms with Gasteiger partial charge >= 0.3 is 5.69 Å². The van der Waals surface area contributed by atoms with Gasteiger partial charge in [-0.2, -0.15) is 0 Å². The maximum atomic E-state index is 11.3. The molecule has 0 fully saturated rings. The van der Waals surface area contributed by atoms with Crippen molar-refractivity contribution >= 4 is 17.9 Å². The lowest BCUT2D eigenvalue weighted by Crippen LogP contribution is -2.33. The smallest absolute Gasteiger partial charge is 0.330 e. The minimum absolute atomic E-state index is 0.0299. The van der Waals surface area contributed by atoms with Gasteiger partial charge < -0.3 is 11.1 Å². The SMILES string of the molecule is CCCn1c(N)c(NC=O)c(=O)[nH]c1=O. The standard InChI is InChI=1S/C8H12N4O3/c1-2-3-12-6(9)5(10-4-13)7(14)11-8(12)15/h4H,2-3,9H2,1H3,(H,10,13)(H,11,14,15). The van der Waals surface area contributed by atoms with Crippen molar-refractivity contribution in [2.45, 2.75) is 19.9 Å². The summed E-state index contributed by atoms with van der Waals surface area (Å²) in [4.78, 5) is 34.8. The number of carbonyl (C=O) groups excluding carboxylic acids is 1. The molecule has 0 bridgehead atoms. The molecule has 0 radical (unpaired) electrons. The highest BCUT2D eigenvalue weighted by Crippen LogP contribution is 2.08. The minimum Gasteiger partial charge on any atom is -0.383 e. The van der Waals surface area contributed by atoms with Gasteiger partial charge in [0.05, 0.1) is 0 Å². The predicted molar refractivity (Wildman–Crippen MR) is 55.7 cm³/mol. The van der Waals surface area contributed by atoms with E-state index in [4.69, 9.17) is 5.73 Å². The van der Waals surface area contributed by atoms with Gasteiger partial charge in [0.25, 0.3) is 5.56 Å². The molecule has 1 aromatic rings. The maximum Gasteiger partial charge on any atom is 0.330 e. The highest BCUT2D eigenvalue weighted by molar-refractivity contribution is 5.77. The summed E-state index contributed by atoms with van der Waals surface area (Å²) in [5.74, 6) is -0.0299. The molecule has 0 spiro atoms. The van der Waals surface area contributed by atoms with Crippen LogP contribution in [0.25, 0.3) is 0 Å². The van der Waals surface area contributed by atoms with E-state index in [2.05, 4.69) is 10.3 Å². The van der Waals surface area contributed by atoms with Crippen LogP contribution in [0.5, 0.6) is 0 Å². The quantitative estimate of drug-likeness (QED) is 0.561. The lowest BCUT2D eigenvalue weighted by Gasteiger charge is -2.10. The summed E-state index contributed by atoms with van der Waals surface area (Å²) < 4.78 is 1.20. The number of nitrogens with zero attached hydrogens (tertiary/aromatic N) is 1. The van der Waals surface area contributed by atoms with Crippen molar-refractivity contribution in [3.05, 3.63) is 20.8 Å². The van der Waals surface area contributed by atoms with Crippen molar-refractivity contribution in [1.29, 1.82) is 0 Å². The Morgan fingerprint density at radius 1 is 1.53 bits per heavy atom. The summed E-state index contributed by atoms with van der Waals surface area (Å²) >= 11 is 0. The average molecular weight is 212 g/mol. The summed E-state index contributed by atoms with van der Waals surface area (Å²) in [6.45, 7) is 2.25. The van der Waals surface area contributed by atoms with Crippen LogP contribution in [0.2, 0.25) is 0 Å². The van der Waals surface area contributed by atoms with Crippen molar-refractivity contribution in [3.8, 4) is 0 Å². The van der Waals surface area contributed by atoms with Crippen molar-refractivity contribution in [3.63, 3.8) is 0 Å². The fraction of sp³-hybridized carbons (Fsp3) is 0.375. The first kappa shape index (κ1) is 11.0. The summed E-state index contributed by atoms with van der Waals surface area (Å²) in [6, 6.07) is 0. The first-order valence-electron chi connectivity index (χ1n) is 4.44. The van der Waals surface area contributed by atoms with E-state index in [9.17, 15) is 14.4 Å². The van der Waals surface area contributed by atoms with E-state index >= 15 is 0 Å². The molecule has 1 heterocycles. The van der Waals surface area contributed by atoms with E-state index in [1.807, 2.05) is 6.92 Å². The molecule has 0 atom stereocenters. The van der Waals surface area contributed by atoms with Gasteiger partial charge in [-0.1, -0.05) is 6.92 Å². The van der Waals surface area contributed by atoms with Gasteiger partial charge in [-0.25, -0.2) is 4.79 Å². The lowest BCUT2D eigenvalue weighted by atomic mass is 10.4. The van der Waals surface area contributed by atoms with Crippen LogP contribution in [0.3, 0.4) is 0 Å². The summed E-state index contributed by atoms with van der Waals surface area (Å²) in [6.07, 6.45) is 1.03. The van der Waals surface area contributed by atoms with Crippen LogP contribution in [0, 0.1) is 0 Å². The van der Waals surface area contributed by atoms with Gasteiger partial charge in [0.15, 0.2) is 0 Å². The van der Waals surface area contributed by atoms with Crippen molar-refractivity contribution in [2.75, 3.05) is 11.1 Å². The molecule has 0 aliphatic heterocycles. The van der Waals surface area contributed by atoms with Gasteiger partial charge in [0.1, 0.15) is 11.5 Å². The zero-order chi connectivity index (χ0) is 11.4. The normalized spacial score (nSPS) is 9.93. The molecule has 82 valence electrons. The zero-order valence-electron chi connectivity index (χ0n) is 8.24. The molecule has 7 nitrogen and oxygen atoms in total. The first-order chi connectivity index (χ1) is 7.11. The Morgan fingerprint density at radius 2 is 2.20 bits per heavy atom. The van der Waals surface area contributed by atoms with Crippen molar-refractivity contribution < 1.29 is 4.79 Å². The highest BCUT2D eigenvalue weighted by atomic mass is 16.2. The number of nitrogen functional groups attached to an aromatic ring is 1. The molecule has 0 unspecified atom stereocenters. The van der Waals surface area contributed by atoms with Crippen LogP contribution >= 0.6 is 0 Å². The van der Waals surface area contributed by atoms with Crippen LogP contribution in [-0.4, -0.2) is 16.0 Å². The second-order valence-corrected chi connectivity index (χ2v) is 2.93. The van der Waals surface area contributed by atoms with E-state index in [-0.39, 0.29) is 11.5 Å². The van der Waals surface area contributed by atoms with Crippen LogP contribution in [0.15, 0.2) is 9.59 Å². The average Bonchev–Trinajstić information content (AvgIpc) is 2.19. The topological polar surface area (TPSA) is 110 Å². The highest BCUT2D eigenvalue weighted by Gasteiger charge is 2.10. The van der Waals surface area contributed by atoms with Gasteiger partial charge in [0.2, 0.25) is 6.41 Å². The molecule has 0 aliphatic carbocycles. The Bertz CT molecular complexity index is 474. The third-order valence-corrected chi connectivity index (χ3v) is 1.89. The molecule has 4 N–H and O–H groups in total. The Hall–Kier alpha value is -2.05. The Balaban J connectivity index is 3.41. The van der Waals surface area contributed by atoms with Crippen LogP contribution in [0.1, 0.15) is 13.3 Å². The summed E-state index contributed by atoms with van der Waals surface area (Å²) in [5.41, 5.74) is 4.21. The third kappa shape index (κ3) is 2.06. The van der Waals surface area contributed by atoms with E-state index < -0.39 is 11.2 Å². The van der Waals surface area contributed by atoms with E-state index in [0.717, 1.165) is 0 Å². The molecule has 1 rings (SSSR count). The number of anilines is 2. The van der Waals surface area contributed by atoms with E-state index in [1.54, 1.807) is 0 Å². The number of hydrogen-bond donors (Lipinski definition) is 3. The summed E-state index contributed by atoms with van der Waals surface area (Å²) in [5, 5.41) is 2.16. The number of amides is 1. The number of nitrogens with two attached hydrogens (primary N) is 1. The molecule has 0 saturated carbocycles. The van der Waals surface area contributed by atoms with E-state index in [1.165, 1.54) is 4.57 Å². The number of H-pyrrole nitrogens is 1. The number of carbonyl (C=O) groups is 1. The van der Waals surface area contributed by atoms with Crippen LogP contribution < -0.4 is 22.3 Å². The Morgan fingerprint density at radius 3 is 2.73 bits per heavy atom. The van der Waals surface area contributed by atoms with Gasteiger partial charge in [-0.15, -0.1) is 0 Å². The number of nitrogens with one attached hydrogen (secondary N) is 2. The number of aromatic amines is 1. The molecule has 0 aliphatic rings. The van der Waals surface area contributed by atoms with Gasteiger partial charge in [-0.05, 0) is 6.42 Å². The summed E-state index contributed by atoms with van der Waals surface area (Å²) in [7, 11) is 0. The van der Waals surface area contributed by atoms with Crippen LogP contribution in [0.4, 0.5) is 11.5 Å². The molecular formula is C8H12N4O3. The first-order valence-corrected chi connectivity index (χ1v) is 4.44. The fourth-order valence-electron chi connectivity index (χ4n) is 1.23. The fourth-order valence-corrected chi connectivity index (χ4v) is 1.23. The zero-order valence-corrected chi connectivity index (χ0v) is 8.24. The number of aromatic nitrogens is 2. The number of hydrogen-bond acceptors (Lipinski definition) is 4. The maximum absolute atomic E-state index is 11.3. The molecule has 0 saturated heterocycles. The monoisotopic (exact) mass is 212 g/mol. The van der Waals surface area contributed by atoms with E-state index in [0.29, 0.717) is 19.4 Å². The van der Waals surface area contributed by atoms with Gasteiger partial charge in [-0.3, -0.25) is 19.1 Å². The lowest BCUT2D eigenvalue weighted by molar-refractivity contribution is -0.105. The second-order valence-electron chi connectivity index (χ2n) is 2.93. The Kier molecular flexibility index (Phi) is 3.27. The minimum atomic E-state index is -0.697. The largest absolute Gasteiger partial charge is 0.383 e. The molecule has 1 aromatic heterocycles. The molecular weight excluding hydrogens is 200 g/mol. The van der Waals surface area contributed by atoms with Gasteiger partial charge in [0, 0.05) is 6.54 Å². The molecule has 0 aromatic carbocycles. The third-order valence-electron chi connectivity index (χ3n) is 1.89. The van der Waals surface area contributed by atoms with Crippen LogP contribution in [-0.2, 0) is 11.3 Å². The predicted octanol–water partition coefficient (Wildman–Crippen LogP) is -0.903. The molecule has 1 amide bonds. The van der Waals surface area contributed by atoms with Crippen molar-refractivity contribution in [2.24, 2.45) is 0 Å². The molecule has 15 heavy (non-hydrogen) atoms. The molecule has 7 heteroatoms. The number of rotatable bonds is 4. The Labute approximate surface area is 84.9 Å².